The molecule has 4 heteroatoms. The van der Waals surface area contributed by atoms with E-state index in [1.54, 1.807) is 24.7 Å². The molecular formula is C11H18N2O2. The molecule has 0 radical (unpaired) electrons. The smallest absolute Gasteiger partial charge is 0.168 e. The molecule has 4 nitrogen and oxygen atoms in total. The van der Waals surface area contributed by atoms with E-state index >= 15 is 0 Å². The van der Waals surface area contributed by atoms with Gasteiger partial charge in [0, 0.05) is 26.3 Å². The van der Waals surface area contributed by atoms with E-state index in [1.165, 1.54) is 0 Å². The number of hydrogen-bond acceptors (Lipinski definition) is 3. The number of ketones is 1. The molecule has 0 aromatic carbocycles. The minimum absolute atomic E-state index is 0.0809. The van der Waals surface area contributed by atoms with Gasteiger partial charge in [0.2, 0.25) is 0 Å². The van der Waals surface area contributed by atoms with Crippen LogP contribution in [0.1, 0.15) is 26.3 Å². The first-order chi connectivity index (χ1) is 6.95. The number of carbonyl (C=O) groups is 1. The van der Waals surface area contributed by atoms with Gasteiger partial charge in [-0.2, -0.15) is 5.10 Å². The van der Waals surface area contributed by atoms with Gasteiger partial charge in [-0.15, -0.1) is 0 Å². The average Bonchev–Trinajstić information content (AvgIpc) is 2.51. The number of aryl methyl sites for hydroxylation is 1. The summed E-state index contributed by atoms with van der Waals surface area (Å²) in [5, 5.41) is 4.02. The third-order valence-corrected chi connectivity index (χ3v) is 2.30. The normalized spacial score (nSPS) is 11.7. The van der Waals surface area contributed by atoms with Crippen molar-refractivity contribution in [3.8, 4) is 0 Å². The van der Waals surface area contributed by atoms with Gasteiger partial charge in [0.25, 0.3) is 0 Å². The minimum atomic E-state index is -0.704. The lowest BCUT2D eigenvalue weighted by Crippen LogP contribution is -2.36. The van der Waals surface area contributed by atoms with E-state index in [0.717, 1.165) is 5.56 Å². The molecule has 1 rings (SSSR count). The van der Waals surface area contributed by atoms with Crippen LogP contribution in [0.15, 0.2) is 12.4 Å². The zero-order valence-corrected chi connectivity index (χ0v) is 9.78. The van der Waals surface area contributed by atoms with Crippen LogP contribution < -0.4 is 0 Å². The lowest BCUT2D eigenvalue weighted by atomic mass is 9.98. The van der Waals surface area contributed by atoms with Crippen LogP contribution >= 0.6 is 0 Å². The highest BCUT2D eigenvalue weighted by molar-refractivity contribution is 5.88. The molecule has 84 valence electrons. The molecule has 0 aliphatic rings. The first kappa shape index (κ1) is 11.9. The Hall–Kier alpha value is -1.16. The third-order valence-electron chi connectivity index (χ3n) is 2.30. The zero-order valence-electron chi connectivity index (χ0n) is 9.78. The van der Waals surface area contributed by atoms with Crippen LogP contribution in [-0.2, 0) is 23.0 Å². The van der Waals surface area contributed by atoms with Crippen LogP contribution in [0.5, 0.6) is 0 Å². The highest BCUT2D eigenvalue weighted by atomic mass is 16.5. The molecule has 0 aliphatic heterocycles. The molecule has 0 N–H and O–H groups in total. The summed E-state index contributed by atoms with van der Waals surface area (Å²) < 4.78 is 7.08. The van der Waals surface area contributed by atoms with Gasteiger partial charge in [-0.3, -0.25) is 9.48 Å². The molecule has 1 aromatic rings. The summed E-state index contributed by atoms with van der Waals surface area (Å²) in [6.45, 7) is 6.04. The zero-order chi connectivity index (χ0) is 11.5. The van der Waals surface area contributed by atoms with Crippen molar-refractivity contribution < 1.29 is 9.53 Å². The summed E-state index contributed by atoms with van der Waals surface area (Å²) in [4.78, 5) is 11.9. The van der Waals surface area contributed by atoms with Crippen LogP contribution in [0.4, 0.5) is 0 Å². The second-order valence-electron chi connectivity index (χ2n) is 4.07. The van der Waals surface area contributed by atoms with Crippen molar-refractivity contribution >= 4 is 5.78 Å². The highest BCUT2D eigenvalue weighted by Crippen LogP contribution is 2.13. The quantitative estimate of drug-likeness (QED) is 0.736. The van der Waals surface area contributed by atoms with E-state index in [-0.39, 0.29) is 5.78 Å². The van der Waals surface area contributed by atoms with Gasteiger partial charge in [0.15, 0.2) is 5.78 Å². The summed E-state index contributed by atoms with van der Waals surface area (Å²) in [5.74, 6) is 0.0809. The standard InChI is InChI=1S/C11H18N2O2/c1-5-15-11(2,3)10(14)6-9-7-12-13(4)8-9/h7-8H,5-6H2,1-4H3. The SMILES string of the molecule is CCOC(C)(C)C(=O)Cc1cnn(C)c1. The predicted molar refractivity (Wildman–Crippen MR) is 57.6 cm³/mol. The van der Waals surface area contributed by atoms with Crippen molar-refractivity contribution in [2.24, 2.45) is 7.05 Å². The van der Waals surface area contributed by atoms with E-state index in [4.69, 9.17) is 4.74 Å². The molecule has 0 saturated carbocycles. The number of hydrogen-bond donors (Lipinski definition) is 0. The summed E-state index contributed by atoms with van der Waals surface area (Å²) in [5.41, 5.74) is 0.222. The van der Waals surface area contributed by atoms with Gasteiger partial charge in [-0.1, -0.05) is 0 Å². The van der Waals surface area contributed by atoms with E-state index in [9.17, 15) is 4.79 Å². The van der Waals surface area contributed by atoms with Gasteiger partial charge >= 0.3 is 0 Å². The van der Waals surface area contributed by atoms with Gasteiger partial charge in [0.1, 0.15) is 5.60 Å². The van der Waals surface area contributed by atoms with E-state index < -0.39 is 5.60 Å². The van der Waals surface area contributed by atoms with E-state index in [2.05, 4.69) is 5.10 Å². The molecule has 1 aromatic heterocycles. The summed E-state index contributed by atoms with van der Waals surface area (Å²) in [6.07, 6.45) is 3.93. The van der Waals surface area contributed by atoms with Gasteiger partial charge in [-0.05, 0) is 26.3 Å². The maximum absolute atomic E-state index is 11.9. The fourth-order valence-corrected chi connectivity index (χ4v) is 1.40. The van der Waals surface area contributed by atoms with Crippen LogP contribution in [-0.4, -0.2) is 27.8 Å². The third kappa shape index (κ3) is 3.16. The Morgan fingerprint density at radius 1 is 1.60 bits per heavy atom. The number of nitrogens with zero attached hydrogens (tertiary/aromatic N) is 2. The Balaban J connectivity index is 2.63. The van der Waals surface area contributed by atoms with Crippen LogP contribution in [0.2, 0.25) is 0 Å². The Bertz CT molecular complexity index is 342. The lowest BCUT2D eigenvalue weighted by molar-refractivity contribution is -0.139. The largest absolute Gasteiger partial charge is 0.368 e. The predicted octanol–water partition coefficient (Wildman–Crippen LogP) is 1.35. The number of Topliss-reactive ketones (excluding diaryl/α,β-unsaturated/α-hetero) is 1. The van der Waals surface area contributed by atoms with Crippen molar-refractivity contribution in [2.45, 2.75) is 32.8 Å². The molecule has 1 heterocycles. The number of rotatable bonds is 5. The van der Waals surface area contributed by atoms with E-state index in [0.29, 0.717) is 13.0 Å². The van der Waals surface area contributed by atoms with Crippen LogP contribution in [0.3, 0.4) is 0 Å². The number of ether oxygens (including phenoxy) is 1. The second-order valence-corrected chi connectivity index (χ2v) is 4.07. The van der Waals surface area contributed by atoms with Gasteiger partial charge < -0.3 is 4.74 Å². The average molecular weight is 210 g/mol. The van der Waals surface area contributed by atoms with Crippen molar-refractivity contribution in [3.63, 3.8) is 0 Å². The Labute approximate surface area is 90.2 Å². The fourth-order valence-electron chi connectivity index (χ4n) is 1.40. The summed E-state index contributed by atoms with van der Waals surface area (Å²) in [6, 6.07) is 0. The van der Waals surface area contributed by atoms with Crippen molar-refractivity contribution in [1.29, 1.82) is 0 Å². The van der Waals surface area contributed by atoms with Crippen LogP contribution in [0.25, 0.3) is 0 Å². The summed E-state index contributed by atoms with van der Waals surface area (Å²) in [7, 11) is 1.83. The minimum Gasteiger partial charge on any atom is -0.368 e. The lowest BCUT2D eigenvalue weighted by Gasteiger charge is -2.22. The molecule has 0 unspecified atom stereocenters. The number of aromatic nitrogens is 2. The monoisotopic (exact) mass is 210 g/mol. The summed E-state index contributed by atoms with van der Waals surface area (Å²) >= 11 is 0. The first-order valence-corrected chi connectivity index (χ1v) is 5.10. The molecule has 0 saturated heterocycles. The highest BCUT2D eigenvalue weighted by Gasteiger charge is 2.27. The van der Waals surface area contributed by atoms with Gasteiger partial charge in [-0.25, -0.2) is 0 Å². The molecule has 0 amide bonds. The van der Waals surface area contributed by atoms with Crippen molar-refractivity contribution in [2.75, 3.05) is 6.61 Å². The first-order valence-electron chi connectivity index (χ1n) is 5.10. The van der Waals surface area contributed by atoms with Crippen molar-refractivity contribution in [1.82, 2.24) is 9.78 Å². The molecule has 0 spiro atoms. The van der Waals surface area contributed by atoms with Crippen LogP contribution in [0, 0.1) is 0 Å². The molecule has 0 aliphatic carbocycles. The van der Waals surface area contributed by atoms with E-state index in [1.807, 2.05) is 20.2 Å². The van der Waals surface area contributed by atoms with Crippen molar-refractivity contribution in [3.05, 3.63) is 18.0 Å². The second kappa shape index (κ2) is 4.57. The molecule has 0 fully saturated rings. The maximum atomic E-state index is 11.9. The Morgan fingerprint density at radius 2 is 2.27 bits per heavy atom. The Kier molecular flexibility index (Phi) is 3.63. The molecule has 15 heavy (non-hydrogen) atoms. The molecular weight excluding hydrogens is 192 g/mol. The maximum Gasteiger partial charge on any atom is 0.168 e. The Morgan fingerprint density at radius 3 is 2.73 bits per heavy atom. The number of carbonyl (C=O) groups excluding carboxylic acids is 1. The molecule has 0 bridgehead atoms. The topological polar surface area (TPSA) is 44.1 Å². The fraction of sp³-hybridized carbons (Fsp3) is 0.636. The molecule has 0 atom stereocenters. The van der Waals surface area contributed by atoms with Gasteiger partial charge in [0.05, 0.1) is 6.20 Å².